The van der Waals surface area contributed by atoms with E-state index < -0.39 is 11.2 Å². The lowest BCUT2D eigenvalue weighted by atomic mass is 10.1. The summed E-state index contributed by atoms with van der Waals surface area (Å²) in [5.74, 6) is 0. The Morgan fingerprint density at radius 3 is 2.15 bits per heavy atom. The Morgan fingerprint density at radius 2 is 1.41 bits per heavy atom. The number of rotatable bonds is 4. The third-order valence-electron chi connectivity index (χ3n) is 4.49. The molecule has 0 saturated carbocycles. The average Bonchev–Trinajstić information content (AvgIpc) is 2.71. The van der Waals surface area contributed by atoms with Crippen LogP contribution < -0.4 is 11.2 Å². The summed E-state index contributed by atoms with van der Waals surface area (Å²) in [5, 5.41) is 0. The van der Waals surface area contributed by atoms with Gasteiger partial charge in [-0.05, 0) is 18.1 Å². The molecule has 0 unspecified atom stereocenters. The van der Waals surface area contributed by atoms with Crippen LogP contribution in [-0.4, -0.2) is 19.1 Å². The molecule has 0 aliphatic rings. The van der Waals surface area contributed by atoms with Crippen molar-refractivity contribution in [2.45, 2.75) is 20.0 Å². The van der Waals surface area contributed by atoms with E-state index in [0.29, 0.717) is 12.2 Å². The summed E-state index contributed by atoms with van der Waals surface area (Å²) >= 11 is 0. The van der Waals surface area contributed by atoms with Gasteiger partial charge in [0.15, 0.2) is 11.2 Å². The quantitative estimate of drug-likeness (QED) is 0.562. The predicted molar refractivity (Wildman–Crippen MR) is 104 cm³/mol. The van der Waals surface area contributed by atoms with Gasteiger partial charge in [-0.25, -0.2) is 14.8 Å². The molecule has 4 rings (SSSR count). The van der Waals surface area contributed by atoms with E-state index in [2.05, 4.69) is 9.97 Å². The second kappa shape index (κ2) is 6.99. The Balaban J connectivity index is 1.90. The van der Waals surface area contributed by atoms with Crippen molar-refractivity contribution in [3.63, 3.8) is 0 Å². The minimum Gasteiger partial charge on any atom is -0.272 e. The van der Waals surface area contributed by atoms with Crippen LogP contribution in [0.15, 0.2) is 76.6 Å². The van der Waals surface area contributed by atoms with Gasteiger partial charge in [0.2, 0.25) is 0 Å². The Labute approximate surface area is 155 Å². The molecule has 0 atom stereocenters. The fourth-order valence-electron chi connectivity index (χ4n) is 3.05. The predicted octanol–water partition coefficient (Wildman–Crippen LogP) is 2.36. The van der Waals surface area contributed by atoms with Gasteiger partial charge in [0.05, 0.1) is 13.1 Å². The van der Waals surface area contributed by atoms with Gasteiger partial charge in [-0.2, -0.15) is 0 Å². The van der Waals surface area contributed by atoms with Gasteiger partial charge in [0.25, 0.3) is 5.56 Å². The molecule has 0 N–H and O–H groups in total. The zero-order chi connectivity index (χ0) is 18.8. The van der Waals surface area contributed by atoms with Gasteiger partial charge in [0.1, 0.15) is 0 Å². The number of hydrogen-bond acceptors (Lipinski definition) is 4. The van der Waals surface area contributed by atoms with Crippen LogP contribution in [0, 0.1) is 6.92 Å². The fraction of sp³-hybridized carbons (Fsp3) is 0.143. The molecule has 0 aliphatic heterocycles. The Morgan fingerprint density at radius 1 is 0.778 bits per heavy atom. The normalized spacial score (nSPS) is 11.0. The number of hydrogen-bond donors (Lipinski definition) is 0. The first-order valence-electron chi connectivity index (χ1n) is 8.67. The summed E-state index contributed by atoms with van der Waals surface area (Å²) in [6, 6.07) is 17.4. The highest BCUT2D eigenvalue weighted by Crippen LogP contribution is 2.08. The lowest BCUT2D eigenvalue weighted by Gasteiger charge is -2.13. The molecular weight excluding hydrogens is 340 g/mol. The zero-order valence-corrected chi connectivity index (χ0v) is 14.9. The number of nitrogens with zero attached hydrogens (tertiary/aromatic N) is 4. The van der Waals surface area contributed by atoms with Gasteiger partial charge in [-0.3, -0.25) is 13.9 Å². The molecule has 27 heavy (non-hydrogen) atoms. The van der Waals surface area contributed by atoms with Crippen LogP contribution in [0.25, 0.3) is 11.2 Å². The first-order chi connectivity index (χ1) is 13.1. The highest BCUT2D eigenvalue weighted by Gasteiger charge is 2.15. The van der Waals surface area contributed by atoms with Crippen molar-refractivity contribution < 1.29 is 0 Å². The summed E-state index contributed by atoms with van der Waals surface area (Å²) in [6.45, 7) is 2.53. The van der Waals surface area contributed by atoms with Crippen LogP contribution in [-0.2, 0) is 13.1 Å². The molecule has 6 heteroatoms. The van der Waals surface area contributed by atoms with Crippen molar-refractivity contribution in [1.82, 2.24) is 19.1 Å². The Hall–Kier alpha value is -3.54. The van der Waals surface area contributed by atoms with Crippen molar-refractivity contribution in [2.24, 2.45) is 0 Å². The van der Waals surface area contributed by atoms with Gasteiger partial charge in [0, 0.05) is 12.4 Å². The van der Waals surface area contributed by atoms with E-state index in [-0.39, 0.29) is 12.1 Å². The lowest BCUT2D eigenvalue weighted by Crippen LogP contribution is -2.41. The van der Waals surface area contributed by atoms with E-state index in [4.69, 9.17) is 0 Å². The van der Waals surface area contributed by atoms with Crippen molar-refractivity contribution in [3.8, 4) is 0 Å². The molecule has 2 aromatic heterocycles. The summed E-state index contributed by atoms with van der Waals surface area (Å²) in [6.07, 6.45) is 2.96. The molecule has 0 fully saturated rings. The van der Waals surface area contributed by atoms with Crippen LogP contribution in [0.5, 0.6) is 0 Å². The van der Waals surface area contributed by atoms with E-state index in [1.807, 2.05) is 61.5 Å². The summed E-state index contributed by atoms with van der Waals surface area (Å²) in [7, 11) is 0. The number of aromatic nitrogens is 4. The van der Waals surface area contributed by atoms with Crippen LogP contribution >= 0.6 is 0 Å². The fourth-order valence-corrected chi connectivity index (χ4v) is 3.05. The van der Waals surface area contributed by atoms with Crippen molar-refractivity contribution in [2.75, 3.05) is 0 Å². The third-order valence-corrected chi connectivity index (χ3v) is 4.49. The van der Waals surface area contributed by atoms with E-state index in [9.17, 15) is 9.59 Å². The monoisotopic (exact) mass is 358 g/mol. The van der Waals surface area contributed by atoms with Crippen molar-refractivity contribution in [1.29, 1.82) is 0 Å². The minimum absolute atomic E-state index is 0.193. The standard InChI is InChI=1S/C21H18N4O2/c1-15-7-9-17(10-8-15)13-24-19-18(22-11-12-23-19)20(26)25(21(24)27)14-16-5-3-2-4-6-16/h2-12H,13-14H2,1H3. The zero-order valence-electron chi connectivity index (χ0n) is 14.9. The molecule has 2 heterocycles. The first-order valence-corrected chi connectivity index (χ1v) is 8.67. The molecule has 0 aliphatic carbocycles. The highest BCUT2D eigenvalue weighted by atomic mass is 16.2. The van der Waals surface area contributed by atoms with Gasteiger partial charge in [-0.15, -0.1) is 0 Å². The van der Waals surface area contributed by atoms with E-state index in [1.54, 1.807) is 0 Å². The maximum Gasteiger partial charge on any atom is 0.333 e. The van der Waals surface area contributed by atoms with Crippen LogP contribution in [0.4, 0.5) is 0 Å². The third kappa shape index (κ3) is 3.29. The number of aryl methyl sites for hydroxylation is 1. The molecule has 6 nitrogen and oxygen atoms in total. The molecule has 0 radical (unpaired) electrons. The summed E-state index contributed by atoms with van der Waals surface area (Å²) in [4.78, 5) is 34.4. The van der Waals surface area contributed by atoms with Crippen LogP contribution in [0.3, 0.4) is 0 Å². The molecule has 4 aromatic rings. The smallest absolute Gasteiger partial charge is 0.272 e. The summed E-state index contributed by atoms with van der Waals surface area (Å²) in [5.41, 5.74) is 2.66. The SMILES string of the molecule is Cc1ccc(Cn2c(=O)n(Cc3ccccc3)c(=O)c3nccnc32)cc1. The number of benzene rings is 2. The lowest BCUT2D eigenvalue weighted by molar-refractivity contribution is 0.628. The van der Waals surface area contributed by atoms with Crippen molar-refractivity contribution >= 4 is 11.2 Å². The Bertz CT molecular complexity index is 1210. The summed E-state index contributed by atoms with van der Waals surface area (Å²) < 4.78 is 2.73. The number of fused-ring (bicyclic) bond motifs is 1. The molecule has 0 spiro atoms. The molecule has 0 saturated heterocycles. The molecule has 134 valence electrons. The maximum absolute atomic E-state index is 13.1. The molecular formula is C21H18N4O2. The largest absolute Gasteiger partial charge is 0.333 e. The van der Waals surface area contributed by atoms with E-state index in [1.165, 1.54) is 21.5 Å². The topological polar surface area (TPSA) is 69.8 Å². The van der Waals surface area contributed by atoms with Gasteiger partial charge >= 0.3 is 5.69 Å². The maximum atomic E-state index is 13.1. The van der Waals surface area contributed by atoms with E-state index in [0.717, 1.165) is 16.7 Å². The molecule has 2 aromatic carbocycles. The second-order valence-electron chi connectivity index (χ2n) is 6.46. The first kappa shape index (κ1) is 16.9. The molecule has 0 amide bonds. The van der Waals surface area contributed by atoms with Crippen LogP contribution in [0.2, 0.25) is 0 Å². The minimum atomic E-state index is -0.424. The highest BCUT2D eigenvalue weighted by molar-refractivity contribution is 5.68. The average molecular weight is 358 g/mol. The molecule has 0 bridgehead atoms. The Kier molecular flexibility index (Phi) is 4.38. The second-order valence-corrected chi connectivity index (χ2v) is 6.46. The van der Waals surface area contributed by atoms with Gasteiger partial charge in [-0.1, -0.05) is 60.2 Å². The van der Waals surface area contributed by atoms with Crippen molar-refractivity contribution in [3.05, 3.63) is 105 Å². The van der Waals surface area contributed by atoms with E-state index >= 15 is 0 Å². The van der Waals surface area contributed by atoms with Crippen LogP contribution in [0.1, 0.15) is 16.7 Å². The van der Waals surface area contributed by atoms with Gasteiger partial charge < -0.3 is 0 Å².